The molecule has 0 radical (unpaired) electrons. The van der Waals surface area contributed by atoms with Gasteiger partial charge in [-0.05, 0) is 80.6 Å². The normalized spacial score (nSPS) is 16.6. The molecule has 33 heavy (non-hydrogen) atoms. The summed E-state index contributed by atoms with van der Waals surface area (Å²) in [6.07, 6.45) is 5.96. The fourth-order valence-electron chi connectivity index (χ4n) is 4.82. The van der Waals surface area contributed by atoms with Crippen molar-refractivity contribution in [3.63, 3.8) is 0 Å². The van der Waals surface area contributed by atoms with Gasteiger partial charge in [0.2, 0.25) is 0 Å². The largest absolute Gasteiger partial charge is 0.486 e. The highest BCUT2D eigenvalue weighted by molar-refractivity contribution is 5.76. The number of hydrogen-bond acceptors (Lipinski definition) is 6. The van der Waals surface area contributed by atoms with E-state index in [4.69, 9.17) is 9.47 Å². The molecule has 1 aromatic heterocycles. The van der Waals surface area contributed by atoms with Crippen LogP contribution >= 0.6 is 0 Å². The first-order valence-corrected chi connectivity index (χ1v) is 11.7. The first-order chi connectivity index (χ1) is 16.2. The molecule has 0 saturated carbocycles. The third kappa shape index (κ3) is 4.86. The van der Waals surface area contributed by atoms with Gasteiger partial charge in [0.05, 0.1) is 28.9 Å². The first kappa shape index (κ1) is 21.5. The highest BCUT2D eigenvalue weighted by Crippen LogP contribution is 2.32. The second-order valence-corrected chi connectivity index (χ2v) is 8.87. The molecule has 2 aliphatic rings. The summed E-state index contributed by atoms with van der Waals surface area (Å²) >= 11 is 0. The Kier molecular flexibility index (Phi) is 6.27. The minimum Gasteiger partial charge on any atom is -0.486 e. The van der Waals surface area contributed by atoms with Crippen molar-refractivity contribution in [2.75, 3.05) is 32.8 Å². The lowest BCUT2D eigenvalue weighted by Gasteiger charge is -2.32. The molecule has 0 amide bonds. The molecular formula is C26H28N4O3. The molecule has 7 nitrogen and oxygen atoms in total. The van der Waals surface area contributed by atoms with Crippen LogP contribution in [0.5, 0.6) is 11.5 Å². The summed E-state index contributed by atoms with van der Waals surface area (Å²) in [5.74, 6) is 2.44. The van der Waals surface area contributed by atoms with Crippen LogP contribution in [-0.4, -0.2) is 47.3 Å². The van der Waals surface area contributed by atoms with E-state index in [1.807, 2.05) is 6.07 Å². The molecule has 3 heterocycles. The predicted octanol–water partition coefficient (Wildman–Crippen LogP) is 3.38. The molecule has 2 aliphatic heterocycles. The summed E-state index contributed by atoms with van der Waals surface area (Å²) in [5, 5.41) is 9.21. The highest BCUT2D eigenvalue weighted by Gasteiger charge is 2.20. The van der Waals surface area contributed by atoms with Crippen molar-refractivity contribution in [2.24, 2.45) is 5.92 Å². The second kappa shape index (κ2) is 9.63. The van der Waals surface area contributed by atoms with Crippen LogP contribution in [0.2, 0.25) is 0 Å². The van der Waals surface area contributed by atoms with Gasteiger partial charge in [0, 0.05) is 13.1 Å². The average Bonchev–Trinajstić information content (AvgIpc) is 2.87. The van der Waals surface area contributed by atoms with Gasteiger partial charge in [-0.15, -0.1) is 0 Å². The molecule has 1 saturated heterocycles. The SMILES string of the molecule is N#Cc1ccc2ncc(=O)n(CCN3CCC(CCc4ccc5c(c4)OCCO5)CC3)c2c1. The van der Waals surface area contributed by atoms with E-state index in [0.29, 0.717) is 25.3 Å². The smallest absolute Gasteiger partial charge is 0.269 e. The minimum absolute atomic E-state index is 0.119. The van der Waals surface area contributed by atoms with Gasteiger partial charge in [-0.25, -0.2) is 4.98 Å². The van der Waals surface area contributed by atoms with Gasteiger partial charge < -0.3 is 18.9 Å². The lowest BCUT2D eigenvalue weighted by Crippen LogP contribution is -2.37. The summed E-state index contributed by atoms with van der Waals surface area (Å²) in [6.45, 7) is 4.77. The number of aromatic nitrogens is 2. The zero-order chi connectivity index (χ0) is 22.6. The van der Waals surface area contributed by atoms with Gasteiger partial charge >= 0.3 is 0 Å². The van der Waals surface area contributed by atoms with Crippen LogP contribution in [-0.2, 0) is 13.0 Å². The summed E-state index contributed by atoms with van der Waals surface area (Å²) in [7, 11) is 0. The Labute approximate surface area is 193 Å². The second-order valence-electron chi connectivity index (χ2n) is 8.87. The number of fused-ring (bicyclic) bond motifs is 2. The molecule has 0 atom stereocenters. The number of hydrogen-bond donors (Lipinski definition) is 0. The van der Waals surface area contributed by atoms with Crippen LogP contribution in [0.25, 0.3) is 11.0 Å². The van der Waals surface area contributed by atoms with Gasteiger partial charge in [0.15, 0.2) is 11.5 Å². The Balaban J connectivity index is 1.14. The fourth-order valence-corrected chi connectivity index (χ4v) is 4.82. The molecule has 0 bridgehead atoms. The van der Waals surface area contributed by atoms with Crippen molar-refractivity contribution in [1.29, 1.82) is 5.26 Å². The zero-order valence-electron chi connectivity index (χ0n) is 18.7. The maximum absolute atomic E-state index is 12.4. The van der Waals surface area contributed by atoms with Crippen LogP contribution in [0.1, 0.15) is 30.4 Å². The highest BCUT2D eigenvalue weighted by atomic mass is 16.6. The standard InChI is InChI=1S/C26H28N4O3/c27-17-21-3-5-22-23(15-21)30(26(31)18-28-22)12-11-29-9-7-19(8-10-29)1-2-20-4-6-24-25(16-20)33-14-13-32-24/h3-6,15-16,18-19H,1-2,7-14H2. The fraction of sp³-hybridized carbons (Fsp3) is 0.423. The minimum atomic E-state index is -0.119. The summed E-state index contributed by atoms with van der Waals surface area (Å²) < 4.78 is 13.1. The monoisotopic (exact) mass is 444 g/mol. The topological polar surface area (TPSA) is 80.4 Å². The molecule has 1 fully saturated rings. The number of nitrogens with zero attached hydrogens (tertiary/aromatic N) is 4. The Morgan fingerprint density at radius 1 is 1.03 bits per heavy atom. The van der Waals surface area contributed by atoms with Crippen LogP contribution in [0.15, 0.2) is 47.4 Å². The molecule has 7 heteroatoms. The molecule has 3 aromatic rings. The Hall–Kier alpha value is -3.37. The molecule has 0 N–H and O–H groups in total. The lowest BCUT2D eigenvalue weighted by atomic mass is 9.90. The molecule has 0 aliphatic carbocycles. The third-order valence-corrected chi connectivity index (χ3v) is 6.77. The lowest BCUT2D eigenvalue weighted by molar-refractivity contribution is 0.170. The van der Waals surface area contributed by atoms with Gasteiger partial charge in [0.1, 0.15) is 13.2 Å². The Morgan fingerprint density at radius 2 is 1.85 bits per heavy atom. The summed E-state index contributed by atoms with van der Waals surface area (Å²) in [4.78, 5) is 19.1. The van der Waals surface area contributed by atoms with Crippen LogP contribution in [0, 0.1) is 17.2 Å². The van der Waals surface area contributed by atoms with E-state index >= 15 is 0 Å². The number of rotatable bonds is 6. The number of benzene rings is 2. The van der Waals surface area contributed by atoms with Crippen molar-refractivity contribution >= 4 is 11.0 Å². The van der Waals surface area contributed by atoms with Gasteiger partial charge in [0.25, 0.3) is 5.56 Å². The third-order valence-electron chi connectivity index (χ3n) is 6.77. The van der Waals surface area contributed by atoms with Crippen molar-refractivity contribution in [3.05, 3.63) is 64.1 Å². The predicted molar refractivity (Wildman–Crippen MR) is 126 cm³/mol. The van der Waals surface area contributed by atoms with E-state index in [1.54, 1.807) is 22.8 Å². The van der Waals surface area contributed by atoms with E-state index in [2.05, 4.69) is 28.1 Å². The molecular weight excluding hydrogens is 416 g/mol. The van der Waals surface area contributed by atoms with E-state index in [0.717, 1.165) is 54.5 Å². The average molecular weight is 445 g/mol. The first-order valence-electron chi connectivity index (χ1n) is 11.7. The number of ether oxygens (including phenoxy) is 2. The maximum Gasteiger partial charge on any atom is 0.269 e. The molecule has 5 rings (SSSR count). The summed E-state index contributed by atoms with van der Waals surface area (Å²) in [6, 6.07) is 13.7. The molecule has 170 valence electrons. The van der Waals surface area contributed by atoms with Crippen LogP contribution in [0.4, 0.5) is 0 Å². The molecule has 0 unspecified atom stereocenters. The molecule has 0 spiro atoms. The van der Waals surface area contributed by atoms with E-state index in [9.17, 15) is 10.1 Å². The van der Waals surface area contributed by atoms with Gasteiger partial charge in [-0.1, -0.05) is 6.07 Å². The van der Waals surface area contributed by atoms with Crippen molar-refractivity contribution < 1.29 is 9.47 Å². The zero-order valence-corrected chi connectivity index (χ0v) is 18.7. The number of piperidine rings is 1. The Morgan fingerprint density at radius 3 is 2.67 bits per heavy atom. The molecule has 2 aromatic carbocycles. The van der Waals surface area contributed by atoms with Crippen LogP contribution < -0.4 is 15.0 Å². The van der Waals surface area contributed by atoms with Crippen molar-refractivity contribution in [3.8, 4) is 17.6 Å². The number of nitriles is 1. The van der Waals surface area contributed by atoms with E-state index < -0.39 is 0 Å². The van der Waals surface area contributed by atoms with Crippen molar-refractivity contribution in [2.45, 2.75) is 32.2 Å². The number of likely N-dealkylation sites (tertiary alicyclic amines) is 1. The maximum atomic E-state index is 12.4. The van der Waals surface area contributed by atoms with E-state index in [-0.39, 0.29) is 5.56 Å². The Bertz CT molecular complexity index is 1240. The number of aryl methyl sites for hydroxylation is 1. The van der Waals surface area contributed by atoms with Gasteiger partial charge in [-0.3, -0.25) is 4.79 Å². The van der Waals surface area contributed by atoms with Crippen LogP contribution in [0.3, 0.4) is 0 Å². The quantitative estimate of drug-likeness (QED) is 0.580. The van der Waals surface area contributed by atoms with Gasteiger partial charge in [-0.2, -0.15) is 5.26 Å². The summed E-state index contributed by atoms with van der Waals surface area (Å²) in [5.41, 5.74) is 3.21. The van der Waals surface area contributed by atoms with Crippen molar-refractivity contribution in [1.82, 2.24) is 14.5 Å². The van der Waals surface area contributed by atoms with E-state index in [1.165, 1.54) is 31.0 Å².